The Labute approximate surface area is 187 Å². The summed E-state index contributed by atoms with van der Waals surface area (Å²) < 4.78 is 27.3. The fourth-order valence-corrected chi connectivity index (χ4v) is 4.97. The van der Waals surface area contributed by atoms with Gasteiger partial charge in [-0.25, -0.2) is 0 Å². The van der Waals surface area contributed by atoms with E-state index in [2.05, 4.69) is 4.72 Å². The van der Waals surface area contributed by atoms with Crippen LogP contribution in [-0.2, 0) is 38.6 Å². The lowest BCUT2D eigenvalue weighted by molar-refractivity contribution is -0.182. The first-order valence-electron chi connectivity index (χ1n) is 10.6. The molecule has 1 aromatic carbocycles. The van der Waals surface area contributed by atoms with Gasteiger partial charge in [-0.2, -0.15) is 0 Å². The summed E-state index contributed by atoms with van der Waals surface area (Å²) in [6, 6.07) is 3.78. The monoisotopic (exact) mass is 456 g/mol. The van der Waals surface area contributed by atoms with E-state index in [4.69, 9.17) is 21.1 Å². The fourth-order valence-electron chi connectivity index (χ4n) is 3.86. The summed E-state index contributed by atoms with van der Waals surface area (Å²) in [4.78, 5) is 13.7. The van der Waals surface area contributed by atoms with E-state index in [0.717, 1.165) is 30.4 Å². The van der Waals surface area contributed by atoms with Gasteiger partial charge in [-0.05, 0) is 68.9 Å². The molecule has 1 saturated heterocycles. The second-order valence-electron chi connectivity index (χ2n) is 8.98. The van der Waals surface area contributed by atoms with Gasteiger partial charge in [-0.3, -0.25) is 4.79 Å². The van der Waals surface area contributed by atoms with Crippen molar-refractivity contribution in [1.29, 1.82) is 0 Å². The van der Waals surface area contributed by atoms with E-state index in [1.54, 1.807) is 6.92 Å². The molecule has 1 N–H and O–H groups in total. The third-order valence-electron chi connectivity index (χ3n) is 5.55. The molecule has 0 aliphatic carbocycles. The van der Waals surface area contributed by atoms with Crippen LogP contribution < -0.4 is 4.72 Å². The highest BCUT2D eigenvalue weighted by atomic mass is 35.5. The van der Waals surface area contributed by atoms with Crippen LogP contribution in [0.1, 0.15) is 69.7 Å². The van der Waals surface area contributed by atoms with Gasteiger partial charge < -0.3 is 18.9 Å². The van der Waals surface area contributed by atoms with Crippen LogP contribution in [0.2, 0.25) is 5.02 Å². The number of carbonyl (C=O) groups excluding carboxylic acids is 1. The molecule has 0 spiro atoms. The number of halogens is 1. The molecule has 2 aliphatic rings. The molecule has 3 rings (SSSR count). The minimum Gasteiger partial charge on any atom is -0.598 e. The van der Waals surface area contributed by atoms with Gasteiger partial charge in [-0.1, -0.05) is 11.6 Å². The Hall–Kier alpha value is -0.830. The van der Waals surface area contributed by atoms with Crippen molar-refractivity contribution in [3.8, 4) is 0 Å². The number of hydrogen-bond acceptors (Lipinski definition) is 5. The van der Waals surface area contributed by atoms with E-state index < -0.39 is 11.4 Å². The van der Waals surface area contributed by atoms with Gasteiger partial charge in [0.1, 0.15) is 4.75 Å². The van der Waals surface area contributed by atoms with Crippen LogP contribution in [0.4, 0.5) is 0 Å². The normalized spacial score (nSPS) is 20.0. The molecule has 6 nitrogen and oxygen atoms in total. The van der Waals surface area contributed by atoms with E-state index in [9.17, 15) is 9.35 Å². The van der Waals surface area contributed by atoms with Crippen LogP contribution in [0.5, 0.6) is 0 Å². The highest BCUT2D eigenvalue weighted by Gasteiger charge is 2.33. The number of ether oxygens (including phenoxy) is 2. The van der Waals surface area contributed by atoms with E-state index in [0.29, 0.717) is 37.7 Å². The lowest BCUT2D eigenvalue weighted by atomic mass is 9.89. The van der Waals surface area contributed by atoms with Gasteiger partial charge in [0.15, 0.2) is 6.29 Å². The number of fused-ring (bicyclic) bond motifs is 1. The molecule has 2 atom stereocenters. The number of benzene rings is 1. The minimum absolute atomic E-state index is 0.0669. The van der Waals surface area contributed by atoms with Crippen LogP contribution in [0.15, 0.2) is 12.1 Å². The molecule has 2 aliphatic heterocycles. The Balaban J connectivity index is 1.87. The van der Waals surface area contributed by atoms with E-state index in [1.807, 2.05) is 37.8 Å². The standard InChI is InChI=1S/C22H33ClN2O4S/c1-15(26)25-9-8-18-16(14-25)12-17(23)13-19(18)20(24-30(27)22(2,3)4)6-7-21-28-10-5-11-29-21/h12-13,20-21,24H,5-11,14H2,1-4H3/t20-,30?/m0/s1. The number of carbonyl (C=O) groups is 1. The number of rotatable bonds is 6. The highest BCUT2D eigenvalue weighted by Crippen LogP contribution is 2.34. The van der Waals surface area contributed by atoms with E-state index >= 15 is 0 Å². The molecule has 0 radical (unpaired) electrons. The lowest BCUT2D eigenvalue weighted by Crippen LogP contribution is -2.42. The lowest BCUT2D eigenvalue weighted by Gasteiger charge is -2.34. The van der Waals surface area contributed by atoms with E-state index in [1.165, 1.54) is 5.56 Å². The Bertz CT molecular complexity index is 749. The van der Waals surface area contributed by atoms with Crippen molar-refractivity contribution < 1.29 is 18.8 Å². The molecule has 0 aromatic heterocycles. The Morgan fingerprint density at radius 2 is 2.07 bits per heavy atom. The number of amides is 1. The zero-order chi connectivity index (χ0) is 21.9. The van der Waals surface area contributed by atoms with Crippen LogP contribution in [0, 0.1) is 0 Å². The summed E-state index contributed by atoms with van der Waals surface area (Å²) >= 11 is 5.24. The van der Waals surface area contributed by atoms with Crippen LogP contribution >= 0.6 is 11.6 Å². The fraction of sp³-hybridized carbons (Fsp3) is 0.682. The van der Waals surface area contributed by atoms with Crippen molar-refractivity contribution in [2.45, 2.75) is 77.0 Å². The average Bonchev–Trinajstić information content (AvgIpc) is 2.69. The molecule has 1 fully saturated rings. The molecular weight excluding hydrogens is 424 g/mol. The molecule has 0 saturated carbocycles. The molecule has 30 heavy (non-hydrogen) atoms. The van der Waals surface area contributed by atoms with Gasteiger partial charge in [0, 0.05) is 42.8 Å². The van der Waals surface area contributed by atoms with Gasteiger partial charge in [0.05, 0.1) is 19.3 Å². The van der Waals surface area contributed by atoms with Crippen molar-refractivity contribution in [3.05, 3.63) is 33.8 Å². The molecule has 2 heterocycles. The highest BCUT2D eigenvalue weighted by molar-refractivity contribution is 7.90. The Morgan fingerprint density at radius 3 is 2.70 bits per heavy atom. The maximum atomic E-state index is 12.9. The van der Waals surface area contributed by atoms with Crippen LogP contribution in [0.3, 0.4) is 0 Å². The molecule has 168 valence electrons. The topological polar surface area (TPSA) is 73.9 Å². The van der Waals surface area contributed by atoms with Crippen molar-refractivity contribution in [2.24, 2.45) is 0 Å². The Morgan fingerprint density at radius 1 is 1.37 bits per heavy atom. The van der Waals surface area contributed by atoms with Crippen LogP contribution in [-0.4, -0.2) is 46.2 Å². The maximum Gasteiger partial charge on any atom is 0.219 e. The quantitative estimate of drug-likeness (QED) is 0.657. The number of nitrogens with zero attached hydrogens (tertiary/aromatic N) is 1. The molecule has 1 amide bonds. The van der Waals surface area contributed by atoms with Crippen molar-refractivity contribution in [2.75, 3.05) is 19.8 Å². The average molecular weight is 457 g/mol. The predicted octanol–water partition coefficient (Wildman–Crippen LogP) is 3.88. The first-order chi connectivity index (χ1) is 14.1. The first-order valence-corrected chi connectivity index (χ1v) is 12.2. The largest absolute Gasteiger partial charge is 0.598 e. The summed E-state index contributed by atoms with van der Waals surface area (Å²) in [5.74, 6) is 0.0669. The van der Waals surface area contributed by atoms with Gasteiger partial charge in [0.25, 0.3) is 0 Å². The molecule has 1 aromatic rings. The third-order valence-corrected chi connectivity index (χ3v) is 7.38. The smallest absolute Gasteiger partial charge is 0.219 e. The van der Waals surface area contributed by atoms with Gasteiger partial charge >= 0.3 is 0 Å². The first kappa shape index (κ1) is 23.8. The maximum absolute atomic E-state index is 12.9. The van der Waals surface area contributed by atoms with Crippen molar-refractivity contribution in [3.63, 3.8) is 0 Å². The van der Waals surface area contributed by atoms with Crippen LogP contribution in [0.25, 0.3) is 0 Å². The summed E-state index contributed by atoms with van der Waals surface area (Å²) in [5, 5.41) is 0.632. The molecule has 0 bridgehead atoms. The minimum atomic E-state index is -1.24. The summed E-state index contributed by atoms with van der Waals surface area (Å²) in [7, 11) is 0. The van der Waals surface area contributed by atoms with Gasteiger partial charge in [0.2, 0.25) is 5.91 Å². The molecule has 1 unspecified atom stereocenters. The second kappa shape index (κ2) is 10.2. The van der Waals surface area contributed by atoms with Gasteiger partial charge in [-0.15, -0.1) is 4.72 Å². The summed E-state index contributed by atoms with van der Waals surface area (Å²) in [6.07, 6.45) is 2.88. The molecular formula is C22H33ClN2O4S. The third kappa shape index (κ3) is 6.11. The summed E-state index contributed by atoms with van der Waals surface area (Å²) in [6.45, 7) is 10.1. The van der Waals surface area contributed by atoms with E-state index in [-0.39, 0.29) is 23.0 Å². The second-order valence-corrected chi connectivity index (χ2v) is 11.4. The number of nitrogens with one attached hydrogen (secondary N) is 1. The Kier molecular flexibility index (Phi) is 8.09. The SMILES string of the molecule is CC(=O)N1CCc2c(cc(Cl)cc2[C@H](CCC2OCCCO2)N[S+]([O-])C(C)(C)C)C1. The zero-order valence-corrected chi connectivity index (χ0v) is 19.9. The molecule has 8 heteroatoms. The predicted molar refractivity (Wildman–Crippen MR) is 120 cm³/mol. The van der Waals surface area contributed by atoms with Crippen molar-refractivity contribution in [1.82, 2.24) is 9.62 Å². The zero-order valence-electron chi connectivity index (χ0n) is 18.3. The number of hydrogen-bond donors (Lipinski definition) is 1. The van der Waals surface area contributed by atoms with Crippen molar-refractivity contribution >= 4 is 28.9 Å². The summed E-state index contributed by atoms with van der Waals surface area (Å²) in [5.41, 5.74) is 3.33.